The summed E-state index contributed by atoms with van der Waals surface area (Å²) in [4.78, 5) is 20.3. The van der Waals surface area contributed by atoms with Crippen molar-refractivity contribution < 1.29 is 22.7 Å². The fourth-order valence-corrected chi connectivity index (χ4v) is 3.54. The van der Waals surface area contributed by atoms with E-state index in [1.807, 2.05) is 0 Å². The average Bonchev–Trinajstić information content (AvgIpc) is 3.14. The number of thiophene rings is 1. The predicted molar refractivity (Wildman–Crippen MR) is 91.6 cm³/mol. The van der Waals surface area contributed by atoms with Crippen LogP contribution in [-0.4, -0.2) is 52.9 Å². The van der Waals surface area contributed by atoms with E-state index in [9.17, 15) is 18.0 Å². The summed E-state index contributed by atoms with van der Waals surface area (Å²) in [6.07, 6.45) is -4.58. The van der Waals surface area contributed by atoms with Gasteiger partial charge in [-0.2, -0.15) is 13.2 Å². The van der Waals surface area contributed by atoms with E-state index < -0.39 is 11.9 Å². The van der Waals surface area contributed by atoms with Gasteiger partial charge in [0.25, 0.3) is 0 Å². The fraction of sp³-hybridized carbons (Fsp3) is 0.400. The minimum atomic E-state index is -4.58. The van der Waals surface area contributed by atoms with Crippen LogP contribution in [0.15, 0.2) is 28.7 Å². The van der Waals surface area contributed by atoms with E-state index in [0.717, 1.165) is 17.8 Å². The molecule has 0 unspecified atom stereocenters. The van der Waals surface area contributed by atoms with Gasteiger partial charge < -0.3 is 4.74 Å². The van der Waals surface area contributed by atoms with Crippen LogP contribution in [0.1, 0.15) is 5.69 Å². The molecule has 11 heteroatoms. The first-order valence-corrected chi connectivity index (χ1v) is 9.53. The van der Waals surface area contributed by atoms with Crippen molar-refractivity contribution in [2.45, 2.75) is 11.3 Å². The Kier molecular flexibility index (Phi) is 6.12. The number of halogens is 3. The molecule has 0 bridgehead atoms. The van der Waals surface area contributed by atoms with E-state index in [2.05, 4.69) is 15.4 Å². The summed E-state index contributed by atoms with van der Waals surface area (Å²) in [6, 6.07) is 4.34. The highest BCUT2D eigenvalue weighted by Crippen LogP contribution is 2.33. The molecule has 0 radical (unpaired) electrons. The maximum atomic E-state index is 13.1. The molecule has 3 heterocycles. The average molecular weight is 404 g/mol. The van der Waals surface area contributed by atoms with Crippen LogP contribution in [0.4, 0.5) is 13.2 Å². The summed E-state index contributed by atoms with van der Waals surface area (Å²) in [5.41, 5.74) is 1.87. The van der Waals surface area contributed by atoms with Gasteiger partial charge in [-0.15, -0.1) is 11.3 Å². The fourth-order valence-electron chi connectivity index (χ4n) is 2.20. The van der Waals surface area contributed by atoms with Gasteiger partial charge in [0.1, 0.15) is 5.69 Å². The first kappa shape index (κ1) is 19.1. The van der Waals surface area contributed by atoms with Crippen LogP contribution in [0.25, 0.3) is 10.6 Å². The Morgan fingerprint density at radius 3 is 2.77 bits per heavy atom. The van der Waals surface area contributed by atoms with Crippen LogP contribution in [0.2, 0.25) is 0 Å². The van der Waals surface area contributed by atoms with Crippen molar-refractivity contribution in [1.29, 1.82) is 0 Å². The molecule has 1 aliphatic rings. The van der Waals surface area contributed by atoms with Crippen molar-refractivity contribution in [3.8, 4) is 10.6 Å². The van der Waals surface area contributed by atoms with Gasteiger partial charge >= 0.3 is 6.18 Å². The minimum absolute atomic E-state index is 0.0808. The maximum absolute atomic E-state index is 13.1. The lowest BCUT2D eigenvalue weighted by molar-refractivity contribution is -0.141. The number of hydrogen-bond acceptors (Lipinski definition) is 7. The number of nitrogens with one attached hydrogen (secondary N) is 1. The van der Waals surface area contributed by atoms with Crippen molar-refractivity contribution >= 4 is 29.0 Å². The lowest BCUT2D eigenvalue weighted by atomic mass is 10.3. The SMILES string of the molecule is O=C(CSc1nc(-c2cccs2)cc(C(F)(F)F)n1)NN1CCOCC1. The molecule has 1 amide bonds. The number of alkyl halides is 3. The summed E-state index contributed by atoms with van der Waals surface area (Å²) < 4.78 is 44.5. The minimum Gasteiger partial charge on any atom is -0.379 e. The third-order valence-electron chi connectivity index (χ3n) is 3.40. The van der Waals surface area contributed by atoms with E-state index >= 15 is 0 Å². The number of aromatic nitrogens is 2. The number of thioether (sulfide) groups is 1. The van der Waals surface area contributed by atoms with Crippen molar-refractivity contribution in [2.24, 2.45) is 0 Å². The van der Waals surface area contributed by atoms with Crippen molar-refractivity contribution in [3.63, 3.8) is 0 Å². The molecular formula is C15H15F3N4O2S2. The Morgan fingerprint density at radius 2 is 2.12 bits per heavy atom. The third-order valence-corrected chi connectivity index (χ3v) is 5.14. The number of nitrogens with zero attached hydrogens (tertiary/aromatic N) is 3. The topological polar surface area (TPSA) is 67.4 Å². The van der Waals surface area contributed by atoms with Gasteiger partial charge in [-0.3, -0.25) is 10.2 Å². The number of ether oxygens (including phenoxy) is 1. The van der Waals surface area contributed by atoms with Crippen molar-refractivity contribution in [3.05, 3.63) is 29.3 Å². The van der Waals surface area contributed by atoms with Crippen molar-refractivity contribution in [1.82, 2.24) is 20.4 Å². The number of carbonyl (C=O) groups is 1. The molecule has 0 aliphatic carbocycles. The van der Waals surface area contributed by atoms with Gasteiger partial charge in [0.2, 0.25) is 5.91 Å². The molecule has 0 aromatic carbocycles. The lowest BCUT2D eigenvalue weighted by Gasteiger charge is -2.26. The van der Waals surface area contributed by atoms with E-state index in [0.29, 0.717) is 31.2 Å². The summed E-state index contributed by atoms with van der Waals surface area (Å²) in [5, 5.41) is 3.39. The lowest BCUT2D eigenvalue weighted by Crippen LogP contribution is -2.48. The van der Waals surface area contributed by atoms with Gasteiger partial charge in [0.15, 0.2) is 5.16 Å². The Labute approximate surface area is 155 Å². The Bertz CT molecular complexity index is 750. The highest BCUT2D eigenvalue weighted by molar-refractivity contribution is 7.99. The largest absolute Gasteiger partial charge is 0.433 e. The van der Waals surface area contributed by atoms with Gasteiger partial charge in [-0.1, -0.05) is 17.8 Å². The molecule has 1 aliphatic heterocycles. The normalized spacial score (nSPS) is 15.8. The maximum Gasteiger partial charge on any atom is 0.433 e. The smallest absolute Gasteiger partial charge is 0.379 e. The number of morpholine rings is 1. The van der Waals surface area contributed by atoms with E-state index in [4.69, 9.17) is 4.74 Å². The quantitative estimate of drug-likeness (QED) is 0.611. The van der Waals surface area contributed by atoms with Crippen LogP contribution >= 0.6 is 23.1 Å². The molecule has 3 rings (SSSR count). The molecule has 26 heavy (non-hydrogen) atoms. The second-order valence-electron chi connectivity index (χ2n) is 5.32. The van der Waals surface area contributed by atoms with Gasteiger partial charge in [0.05, 0.1) is 29.5 Å². The van der Waals surface area contributed by atoms with Crippen LogP contribution < -0.4 is 5.43 Å². The molecule has 0 saturated carbocycles. The molecule has 1 fully saturated rings. The zero-order valence-electron chi connectivity index (χ0n) is 13.5. The Morgan fingerprint density at radius 1 is 1.35 bits per heavy atom. The molecule has 1 N–H and O–H groups in total. The molecule has 1 saturated heterocycles. The second kappa shape index (κ2) is 8.33. The first-order valence-electron chi connectivity index (χ1n) is 7.67. The first-order chi connectivity index (χ1) is 12.4. The number of amides is 1. The molecule has 140 valence electrons. The van der Waals surface area contributed by atoms with E-state index in [-0.39, 0.29) is 22.5 Å². The zero-order chi connectivity index (χ0) is 18.6. The number of rotatable bonds is 5. The monoisotopic (exact) mass is 404 g/mol. The predicted octanol–water partition coefficient (Wildman–Crippen LogP) is 2.68. The number of hydrazine groups is 1. The molecule has 6 nitrogen and oxygen atoms in total. The zero-order valence-corrected chi connectivity index (χ0v) is 15.1. The molecular weight excluding hydrogens is 389 g/mol. The van der Waals surface area contributed by atoms with Gasteiger partial charge in [-0.05, 0) is 17.5 Å². The number of hydrogen-bond donors (Lipinski definition) is 1. The number of carbonyl (C=O) groups excluding carboxylic acids is 1. The van der Waals surface area contributed by atoms with E-state index in [1.165, 1.54) is 11.3 Å². The van der Waals surface area contributed by atoms with Crippen LogP contribution in [-0.2, 0) is 15.7 Å². The summed E-state index contributed by atoms with van der Waals surface area (Å²) in [7, 11) is 0. The third kappa shape index (κ3) is 5.16. The highest BCUT2D eigenvalue weighted by atomic mass is 32.2. The van der Waals surface area contributed by atoms with Crippen LogP contribution in [0.3, 0.4) is 0 Å². The van der Waals surface area contributed by atoms with Gasteiger partial charge in [-0.25, -0.2) is 15.0 Å². The van der Waals surface area contributed by atoms with Crippen LogP contribution in [0, 0.1) is 0 Å². The summed E-state index contributed by atoms with van der Waals surface area (Å²) in [6.45, 7) is 2.18. The molecule has 0 spiro atoms. The summed E-state index contributed by atoms with van der Waals surface area (Å²) >= 11 is 2.16. The molecule has 0 atom stereocenters. The Hall–Kier alpha value is -1.69. The molecule has 2 aromatic rings. The Balaban J connectivity index is 1.70. The van der Waals surface area contributed by atoms with Crippen LogP contribution in [0.5, 0.6) is 0 Å². The van der Waals surface area contributed by atoms with Gasteiger partial charge in [0, 0.05) is 13.1 Å². The molecule has 2 aromatic heterocycles. The second-order valence-corrected chi connectivity index (χ2v) is 7.21. The summed E-state index contributed by atoms with van der Waals surface area (Å²) in [5.74, 6) is -0.404. The van der Waals surface area contributed by atoms with E-state index in [1.54, 1.807) is 22.5 Å². The van der Waals surface area contributed by atoms with Crippen molar-refractivity contribution in [2.75, 3.05) is 32.1 Å². The highest BCUT2D eigenvalue weighted by Gasteiger charge is 2.34. The standard InChI is InChI=1S/C15H15F3N4O2S2/c16-15(17,18)12-8-10(11-2-1-7-25-11)19-14(20-12)26-9-13(23)21-22-3-5-24-6-4-22/h1-2,7-8H,3-6,9H2,(H,21,23).